The van der Waals surface area contributed by atoms with Crippen molar-refractivity contribution in [1.82, 2.24) is 5.32 Å². The molecular formula is C15H18N2O5S. The molecule has 1 atom stereocenters. The van der Waals surface area contributed by atoms with Crippen molar-refractivity contribution in [3.05, 3.63) is 29.3 Å². The first-order valence-electron chi connectivity index (χ1n) is 7.39. The zero-order chi connectivity index (χ0) is 16.6. The Morgan fingerprint density at radius 2 is 2.17 bits per heavy atom. The van der Waals surface area contributed by atoms with Crippen LogP contribution in [0.15, 0.2) is 18.2 Å². The number of carbonyl (C=O) groups is 2. The molecule has 124 valence electrons. The summed E-state index contributed by atoms with van der Waals surface area (Å²) in [4.78, 5) is 24.4. The number of nitrogens with one attached hydrogen (secondary N) is 1. The maximum absolute atomic E-state index is 12.0. The van der Waals surface area contributed by atoms with Crippen molar-refractivity contribution in [1.29, 1.82) is 0 Å². The van der Waals surface area contributed by atoms with Gasteiger partial charge in [-0.1, -0.05) is 6.07 Å². The van der Waals surface area contributed by atoms with Gasteiger partial charge in [0.25, 0.3) is 0 Å². The summed E-state index contributed by atoms with van der Waals surface area (Å²) < 4.78 is 28.7. The minimum absolute atomic E-state index is 0.00832. The molecule has 8 heteroatoms. The third-order valence-corrected chi connectivity index (χ3v) is 5.59. The second kappa shape index (κ2) is 5.84. The van der Waals surface area contributed by atoms with Crippen LogP contribution in [-0.4, -0.2) is 45.4 Å². The van der Waals surface area contributed by atoms with Gasteiger partial charge in [0, 0.05) is 12.6 Å². The van der Waals surface area contributed by atoms with Crippen molar-refractivity contribution >= 4 is 27.5 Å². The van der Waals surface area contributed by atoms with Crippen LogP contribution in [0.25, 0.3) is 0 Å². The van der Waals surface area contributed by atoms with Gasteiger partial charge in [-0.25, -0.2) is 13.2 Å². The highest BCUT2D eigenvalue weighted by Gasteiger charge is 2.33. The van der Waals surface area contributed by atoms with Crippen LogP contribution in [0, 0.1) is 0 Å². The molecule has 2 aliphatic heterocycles. The predicted octanol–water partition coefficient (Wildman–Crippen LogP) is 0.619. The molecule has 0 aromatic heterocycles. The molecule has 3 rings (SSSR count). The Bertz CT molecular complexity index is 759. The van der Waals surface area contributed by atoms with Gasteiger partial charge in [-0.05, 0) is 29.7 Å². The van der Waals surface area contributed by atoms with E-state index in [1.54, 1.807) is 12.1 Å². The van der Waals surface area contributed by atoms with Crippen LogP contribution < -0.4 is 10.2 Å². The number of nitrogens with zero attached hydrogens (tertiary/aromatic N) is 1. The van der Waals surface area contributed by atoms with E-state index in [9.17, 15) is 18.0 Å². The Morgan fingerprint density at radius 1 is 1.39 bits per heavy atom. The van der Waals surface area contributed by atoms with Crippen LogP contribution in [0.2, 0.25) is 0 Å². The molecule has 2 heterocycles. The molecule has 1 aromatic carbocycles. The minimum atomic E-state index is -3.06. The zero-order valence-corrected chi connectivity index (χ0v) is 13.6. The first kappa shape index (κ1) is 15.8. The van der Waals surface area contributed by atoms with Crippen LogP contribution in [0.4, 0.5) is 10.5 Å². The summed E-state index contributed by atoms with van der Waals surface area (Å²) in [6.07, 6.45) is -0.391. The summed E-state index contributed by atoms with van der Waals surface area (Å²) in [5.41, 5.74) is 2.37. The van der Waals surface area contributed by atoms with Crippen LogP contribution in [-0.2, 0) is 31.5 Å². The largest absolute Gasteiger partial charge is 0.442 e. The number of rotatable bonds is 3. The summed E-state index contributed by atoms with van der Waals surface area (Å²) in [7, 11) is -3.06. The van der Waals surface area contributed by atoms with Crippen molar-refractivity contribution in [2.45, 2.75) is 25.2 Å². The summed E-state index contributed by atoms with van der Waals surface area (Å²) in [5.74, 6) is -0.00311. The first-order valence-corrected chi connectivity index (χ1v) is 9.21. The van der Waals surface area contributed by atoms with Crippen molar-refractivity contribution in [3.63, 3.8) is 0 Å². The maximum atomic E-state index is 12.0. The molecule has 0 aliphatic carbocycles. The van der Waals surface area contributed by atoms with Gasteiger partial charge >= 0.3 is 6.09 Å². The fourth-order valence-electron chi connectivity index (χ4n) is 2.83. The Balaban J connectivity index is 1.77. The number of amides is 2. The van der Waals surface area contributed by atoms with Gasteiger partial charge in [-0.2, -0.15) is 0 Å². The molecule has 2 amide bonds. The predicted molar refractivity (Wildman–Crippen MR) is 83.9 cm³/mol. The maximum Gasteiger partial charge on any atom is 0.414 e. The van der Waals surface area contributed by atoms with Crippen molar-refractivity contribution < 1.29 is 22.7 Å². The fraction of sp³-hybridized carbons (Fsp3) is 0.467. The van der Waals surface area contributed by atoms with Gasteiger partial charge in [-0.3, -0.25) is 9.69 Å². The highest BCUT2D eigenvalue weighted by Crippen LogP contribution is 2.28. The van der Waals surface area contributed by atoms with Crippen LogP contribution in [0.1, 0.15) is 18.1 Å². The molecule has 1 N–H and O–H groups in total. The number of fused-ring (bicyclic) bond motifs is 1. The van der Waals surface area contributed by atoms with E-state index in [1.165, 1.54) is 11.8 Å². The Hall–Kier alpha value is -2.09. The van der Waals surface area contributed by atoms with Gasteiger partial charge < -0.3 is 10.1 Å². The van der Waals surface area contributed by atoms with E-state index in [4.69, 9.17) is 4.74 Å². The van der Waals surface area contributed by atoms with Crippen molar-refractivity contribution in [2.75, 3.05) is 23.7 Å². The van der Waals surface area contributed by atoms with Crippen LogP contribution >= 0.6 is 0 Å². The number of hydrogen-bond acceptors (Lipinski definition) is 5. The number of carbonyl (C=O) groups excluding carboxylic acids is 2. The average molecular weight is 338 g/mol. The molecule has 2 aliphatic rings. The SMILES string of the molecule is CC(=O)NC[C@H]1CN(c2ccc3c(c2)CS(=O)(=O)CC3)C(=O)O1. The smallest absolute Gasteiger partial charge is 0.414 e. The molecule has 0 unspecified atom stereocenters. The van der Waals surface area contributed by atoms with Gasteiger partial charge in [0.2, 0.25) is 5.91 Å². The van der Waals surface area contributed by atoms with E-state index in [1.807, 2.05) is 6.07 Å². The Kier molecular flexibility index (Phi) is 4.01. The molecule has 1 fully saturated rings. The van der Waals surface area contributed by atoms with Crippen molar-refractivity contribution in [2.24, 2.45) is 0 Å². The monoisotopic (exact) mass is 338 g/mol. The number of benzene rings is 1. The second-order valence-corrected chi connectivity index (χ2v) is 8.03. The van der Waals surface area contributed by atoms with E-state index >= 15 is 0 Å². The molecule has 1 saturated heterocycles. The minimum Gasteiger partial charge on any atom is -0.442 e. The number of sulfone groups is 1. The van der Waals surface area contributed by atoms with E-state index in [-0.39, 0.29) is 24.0 Å². The van der Waals surface area contributed by atoms with Gasteiger partial charge in [0.1, 0.15) is 6.10 Å². The standard InChI is InChI=1S/C15H18N2O5S/c1-10(18)16-7-14-8-17(15(19)22-14)13-3-2-11-4-5-23(20,21)9-12(11)6-13/h2-3,6,14H,4-5,7-9H2,1H3,(H,16,18)/t14-/m0/s1. The highest BCUT2D eigenvalue weighted by molar-refractivity contribution is 7.90. The molecular weight excluding hydrogens is 320 g/mol. The summed E-state index contributed by atoms with van der Waals surface area (Å²) in [6, 6.07) is 5.42. The normalized spacial score (nSPS) is 22.4. The Labute approximate surface area is 134 Å². The van der Waals surface area contributed by atoms with Gasteiger partial charge in [0.05, 0.1) is 24.6 Å². The van der Waals surface area contributed by atoms with E-state index in [2.05, 4.69) is 5.32 Å². The summed E-state index contributed by atoms with van der Waals surface area (Å²) in [6.45, 7) is 1.99. The second-order valence-electron chi connectivity index (χ2n) is 5.85. The molecule has 1 aromatic rings. The van der Waals surface area contributed by atoms with E-state index in [0.29, 0.717) is 18.7 Å². The van der Waals surface area contributed by atoms with E-state index in [0.717, 1.165) is 11.1 Å². The molecule has 0 radical (unpaired) electrons. The molecule has 0 bridgehead atoms. The Morgan fingerprint density at radius 3 is 2.91 bits per heavy atom. The lowest BCUT2D eigenvalue weighted by Crippen LogP contribution is -2.33. The fourth-order valence-corrected chi connectivity index (χ4v) is 4.25. The van der Waals surface area contributed by atoms with Gasteiger partial charge in [-0.15, -0.1) is 0 Å². The number of anilines is 1. The zero-order valence-electron chi connectivity index (χ0n) is 12.7. The average Bonchev–Trinajstić information content (AvgIpc) is 2.84. The quantitative estimate of drug-likeness (QED) is 0.872. The first-order chi connectivity index (χ1) is 10.8. The lowest BCUT2D eigenvalue weighted by molar-refractivity contribution is -0.119. The molecule has 7 nitrogen and oxygen atoms in total. The number of ether oxygens (including phenoxy) is 1. The lowest BCUT2D eigenvalue weighted by Gasteiger charge is -2.20. The van der Waals surface area contributed by atoms with Crippen molar-refractivity contribution in [3.8, 4) is 0 Å². The molecule has 0 saturated carbocycles. The highest BCUT2D eigenvalue weighted by atomic mass is 32.2. The molecule has 0 spiro atoms. The topological polar surface area (TPSA) is 92.8 Å². The molecule has 23 heavy (non-hydrogen) atoms. The lowest BCUT2D eigenvalue weighted by atomic mass is 10.0. The van der Waals surface area contributed by atoms with Crippen LogP contribution in [0.3, 0.4) is 0 Å². The number of cyclic esters (lactones) is 1. The van der Waals surface area contributed by atoms with E-state index < -0.39 is 22.0 Å². The number of hydrogen-bond donors (Lipinski definition) is 1. The third-order valence-electron chi connectivity index (χ3n) is 4.01. The number of aryl methyl sites for hydroxylation is 1. The van der Waals surface area contributed by atoms with Gasteiger partial charge in [0.15, 0.2) is 9.84 Å². The third kappa shape index (κ3) is 3.47. The summed E-state index contributed by atoms with van der Waals surface area (Å²) >= 11 is 0. The summed E-state index contributed by atoms with van der Waals surface area (Å²) in [5, 5.41) is 2.62. The van der Waals surface area contributed by atoms with Crippen LogP contribution in [0.5, 0.6) is 0 Å².